The van der Waals surface area contributed by atoms with Gasteiger partial charge in [0.25, 0.3) is 5.91 Å². The molecular weight excluding hydrogens is 242 g/mol. The normalized spacial score (nSPS) is 10.5. The summed E-state index contributed by atoms with van der Waals surface area (Å²) in [4.78, 5) is 15.9. The standard InChI is InChI=1S/C14H23N3O2/c1-4-15-12-5-6-13(17-9-12)14(18)16-7-8-19-10-11(2)3/h5-6,9,11,15H,4,7-8,10H2,1-3H3,(H,16,18). The number of carbonyl (C=O) groups is 1. The van der Waals surface area contributed by atoms with E-state index < -0.39 is 0 Å². The molecule has 5 heteroatoms. The van der Waals surface area contributed by atoms with Gasteiger partial charge in [0, 0.05) is 19.7 Å². The van der Waals surface area contributed by atoms with E-state index in [1.807, 2.05) is 13.0 Å². The van der Waals surface area contributed by atoms with Crippen molar-refractivity contribution in [1.29, 1.82) is 0 Å². The Hall–Kier alpha value is -1.62. The molecule has 0 bridgehead atoms. The summed E-state index contributed by atoms with van der Waals surface area (Å²) in [5.74, 6) is 0.340. The molecule has 0 spiro atoms. The van der Waals surface area contributed by atoms with Crippen LogP contribution < -0.4 is 10.6 Å². The van der Waals surface area contributed by atoms with E-state index in [4.69, 9.17) is 4.74 Å². The molecule has 5 nitrogen and oxygen atoms in total. The molecular formula is C14H23N3O2. The molecule has 0 aliphatic carbocycles. The van der Waals surface area contributed by atoms with Crippen LogP contribution in [-0.4, -0.2) is 37.2 Å². The van der Waals surface area contributed by atoms with Crippen LogP contribution in [0.1, 0.15) is 31.3 Å². The Bertz CT molecular complexity index is 377. The van der Waals surface area contributed by atoms with Gasteiger partial charge in [-0.05, 0) is 25.0 Å². The molecule has 0 saturated heterocycles. The molecule has 1 aromatic rings. The van der Waals surface area contributed by atoms with Gasteiger partial charge in [-0.2, -0.15) is 0 Å². The maximum atomic E-state index is 11.8. The molecule has 106 valence electrons. The van der Waals surface area contributed by atoms with Gasteiger partial charge < -0.3 is 15.4 Å². The number of carbonyl (C=O) groups excluding carboxylic acids is 1. The fourth-order valence-electron chi connectivity index (χ4n) is 1.48. The number of aromatic nitrogens is 1. The average molecular weight is 265 g/mol. The van der Waals surface area contributed by atoms with Gasteiger partial charge in [0.15, 0.2) is 0 Å². The third kappa shape index (κ3) is 6.20. The van der Waals surface area contributed by atoms with Crippen LogP contribution in [0.3, 0.4) is 0 Å². The number of nitrogens with zero attached hydrogens (tertiary/aromatic N) is 1. The van der Waals surface area contributed by atoms with Gasteiger partial charge in [0.05, 0.1) is 18.5 Å². The highest BCUT2D eigenvalue weighted by molar-refractivity contribution is 5.92. The lowest BCUT2D eigenvalue weighted by atomic mass is 10.2. The van der Waals surface area contributed by atoms with Crippen LogP contribution in [0.4, 0.5) is 5.69 Å². The Morgan fingerprint density at radius 3 is 2.79 bits per heavy atom. The molecule has 1 rings (SSSR count). The fourth-order valence-corrected chi connectivity index (χ4v) is 1.48. The van der Waals surface area contributed by atoms with Crippen LogP contribution in [0.25, 0.3) is 0 Å². The van der Waals surface area contributed by atoms with E-state index >= 15 is 0 Å². The molecule has 2 N–H and O–H groups in total. The predicted molar refractivity (Wildman–Crippen MR) is 76.4 cm³/mol. The van der Waals surface area contributed by atoms with Crippen LogP contribution in [0.15, 0.2) is 18.3 Å². The summed E-state index contributed by atoms with van der Waals surface area (Å²) in [5, 5.41) is 5.91. The smallest absolute Gasteiger partial charge is 0.269 e. The lowest BCUT2D eigenvalue weighted by Gasteiger charge is -2.08. The lowest BCUT2D eigenvalue weighted by Crippen LogP contribution is -2.28. The van der Waals surface area contributed by atoms with Crippen LogP contribution in [0.5, 0.6) is 0 Å². The van der Waals surface area contributed by atoms with E-state index in [0.717, 1.165) is 12.2 Å². The Morgan fingerprint density at radius 2 is 2.21 bits per heavy atom. The summed E-state index contributed by atoms with van der Waals surface area (Å²) in [6.07, 6.45) is 1.66. The third-order valence-electron chi connectivity index (χ3n) is 2.36. The first-order valence-electron chi connectivity index (χ1n) is 6.69. The minimum Gasteiger partial charge on any atom is -0.384 e. The topological polar surface area (TPSA) is 63.2 Å². The van der Waals surface area contributed by atoms with Gasteiger partial charge in [0.2, 0.25) is 0 Å². The van der Waals surface area contributed by atoms with Gasteiger partial charge in [-0.25, -0.2) is 4.98 Å². The van der Waals surface area contributed by atoms with Crippen molar-refractivity contribution in [2.45, 2.75) is 20.8 Å². The minimum absolute atomic E-state index is 0.170. The van der Waals surface area contributed by atoms with E-state index in [2.05, 4.69) is 29.5 Å². The molecule has 0 radical (unpaired) electrons. The number of pyridine rings is 1. The average Bonchev–Trinajstić information content (AvgIpc) is 2.39. The highest BCUT2D eigenvalue weighted by Crippen LogP contribution is 2.05. The quantitative estimate of drug-likeness (QED) is 0.705. The molecule has 0 unspecified atom stereocenters. The number of anilines is 1. The molecule has 0 saturated carbocycles. The fraction of sp³-hybridized carbons (Fsp3) is 0.571. The molecule has 0 aliphatic rings. The van der Waals surface area contributed by atoms with Crippen molar-refractivity contribution in [1.82, 2.24) is 10.3 Å². The van der Waals surface area contributed by atoms with Crippen molar-refractivity contribution in [2.75, 3.05) is 31.6 Å². The second-order valence-corrected chi connectivity index (χ2v) is 4.69. The van der Waals surface area contributed by atoms with Crippen molar-refractivity contribution >= 4 is 11.6 Å². The van der Waals surface area contributed by atoms with Crippen molar-refractivity contribution < 1.29 is 9.53 Å². The summed E-state index contributed by atoms with van der Waals surface area (Å²) < 4.78 is 5.39. The van der Waals surface area contributed by atoms with E-state index in [1.165, 1.54) is 0 Å². The zero-order valence-corrected chi connectivity index (χ0v) is 11.9. The van der Waals surface area contributed by atoms with Gasteiger partial charge in [-0.3, -0.25) is 4.79 Å². The summed E-state index contributed by atoms with van der Waals surface area (Å²) in [6.45, 7) is 8.77. The van der Waals surface area contributed by atoms with Crippen molar-refractivity contribution in [2.24, 2.45) is 5.92 Å². The molecule has 0 aliphatic heterocycles. The molecule has 1 amide bonds. The molecule has 1 heterocycles. The second kappa shape index (κ2) is 8.48. The molecule has 19 heavy (non-hydrogen) atoms. The SMILES string of the molecule is CCNc1ccc(C(=O)NCCOCC(C)C)nc1. The molecule has 0 aromatic carbocycles. The number of rotatable bonds is 8. The van der Waals surface area contributed by atoms with E-state index in [9.17, 15) is 4.79 Å². The zero-order chi connectivity index (χ0) is 14.1. The third-order valence-corrected chi connectivity index (χ3v) is 2.36. The number of hydrogen-bond acceptors (Lipinski definition) is 4. The van der Waals surface area contributed by atoms with Crippen molar-refractivity contribution in [3.8, 4) is 0 Å². The summed E-state index contributed by atoms with van der Waals surface area (Å²) in [7, 11) is 0. The summed E-state index contributed by atoms with van der Waals surface area (Å²) in [5.41, 5.74) is 1.34. The van der Waals surface area contributed by atoms with Crippen LogP contribution >= 0.6 is 0 Å². The maximum Gasteiger partial charge on any atom is 0.269 e. The Labute approximate surface area is 114 Å². The van der Waals surface area contributed by atoms with Gasteiger partial charge in [-0.1, -0.05) is 13.8 Å². The Morgan fingerprint density at radius 1 is 1.42 bits per heavy atom. The minimum atomic E-state index is -0.170. The first kappa shape index (κ1) is 15.4. The summed E-state index contributed by atoms with van der Waals surface area (Å²) in [6, 6.07) is 3.56. The largest absolute Gasteiger partial charge is 0.384 e. The van der Waals surface area contributed by atoms with E-state index in [1.54, 1.807) is 12.3 Å². The van der Waals surface area contributed by atoms with Crippen LogP contribution in [0, 0.1) is 5.92 Å². The van der Waals surface area contributed by atoms with Gasteiger partial charge in [-0.15, -0.1) is 0 Å². The highest BCUT2D eigenvalue weighted by Gasteiger charge is 2.06. The molecule has 0 fully saturated rings. The van der Waals surface area contributed by atoms with Crippen LogP contribution in [-0.2, 0) is 4.74 Å². The highest BCUT2D eigenvalue weighted by atomic mass is 16.5. The lowest BCUT2D eigenvalue weighted by molar-refractivity contribution is 0.0882. The number of hydrogen-bond donors (Lipinski definition) is 2. The Kier molecular flexibility index (Phi) is 6.89. The van der Waals surface area contributed by atoms with Gasteiger partial charge in [0.1, 0.15) is 5.69 Å². The van der Waals surface area contributed by atoms with Crippen LogP contribution in [0.2, 0.25) is 0 Å². The summed E-state index contributed by atoms with van der Waals surface area (Å²) >= 11 is 0. The Balaban J connectivity index is 2.29. The van der Waals surface area contributed by atoms with Gasteiger partial charge >= 0.3 is 0 Å². The van der Waals surface area contributed by atoms with E-state index in [-0.39, 0.29) is 5.91 Å². The molecule has 0 atom stereocenters. The number of nitrogens with one attached hydrogen (secondary N) is 2. The first-order valence-corrected chi connectivity index (χ1v) is 6.69. The number of amides is 1. The zero-order valence-electron chi connectivity index (χ0n) is 11.9. The number of ether oxygens (including phenoxy) is 1. The predicted octanol–water partition coefficient (Wildman–Crippen LogP) is 1.92. The van der Waals surface area contributed by atoms with Crippen molar-refractivity contribution in [3.63, 3.8) is 0 Å². The second-order valence-electron chi connectivity index (χ2n) is 4.69. The van der Waals surface area contributed by atoms with Crippen molar-refractivity contribution in [3.05, 3.63) is 24.0 Å². The van der Waals surface area contributed by atoms with E-state index in [0.29, 0.717) is 31.4 Å². The monoisotopic (exact) mass is 265 g/mol. The maximum absolute atomic E-state index is 11.8. The molecule has 1 aromatic heterocycles. The first-order chi connectivity index (χ1) is 9.13.